The SMILES string of the molecule is O=C(NCC1CC1)[C@]12CCCN(S(=O)(=O)C3CC3)C[C@H]1CN(c1ccccn1)C2.O=C(O)C(F)(F)F. The van der Waals surface area contributed by atoms with E-state index in [0.29, 0.717) is 32.1 Å². The van der Waals surface area contributed by atoms with Crippen LogP contribution in [0, 0.1) is 17.3 Å². The first kappa shape index (κ1) is 26.6. The first-order valence-corrected chi connectivity index (χ1v) is 13.7. The average molecular weight is 533 g/mol. The van der Waals surface area contributed by atoms with Crippen LogP contribution in [0.25, 0.3) is 0 Å². The molecule has 36 heavy (non-hydrogen) atoms. The highest BCUT2D eigenvalue weighted by Gasteiger charge is 2.55. The second-order valence-electron chi connectivity index (χ2n) is 10.1. The zero-order valence-corrected chi connectivity index (χ0v) is 20.6. The number of pyridine rings is 1. The van der Waals surface area contributed by atoms with Gasteiger partial charge in [0.05, 0.1) is 10.7 Å². The van der Waals surface area contributed by atoms with Crippen molar-refractivity contribution in [3.8, 4) is 0 Å². The highest BCUT2D eigenvalue weighted by molar-refractivity contribution is 7.90. The van der Waals surface area contributed by atoms with Crippen molar-refractivity contribution < 1.29 is 36.3 Å². The maximum atomic E-state index is 13.4. The van der Waals surface area contributed by atoms with Crippen LogP contribution < -0.4 is 10.2 Å². The number of halogens is 3. The molecule has 2 saturated carbocycles. The minimum absolute atomic E-state index is 0.0141. The molecule has 13 heteroatoms. The molecular formula is C23H31F3N4O5S. The van der Waals surface area contributed by atoms with E-state index in [1.807, 2.05) is 18.2 Å². The smallest absolute Gasteiger partial charge is 0.475 e. The number of hydrogen-bond donors (Lipinski definition) is 2. The van der Waals surface area contributed by atoms with Crippen molar-refractivity contribution in [1.29, 1.82) is 0 Å². The maximum Gasteiger partial charge on any atom is 0.490 e. The van der Waals surface area contributed by atoms with Gasteiger partial charge in [0.15, 0.2) is 0 Å². The van der Waals surface area contributed by atoms with E-state index >= 15 is 0 Å². The molecule has 2 atom stereocenters. The largest absolute Gasteiger partial charge is 0.490 e. The van der Waals surface area contributed by atoms with Crippen LogP contribution >= 0.6 is 0 Å². The van der Waals surface area contributed by atoms with Crippen LogP contribution in [0.15, 0.2) is 24.4 Å². The summed E-state index contributed by atoms with van der Waals surface area (Å²) in [6.45, 7) is 3.02. The highest BCUT2D eigenvalue weighted by atomic mass is 32.2. The Kier molecular flexibility index (Phi) is 7.52. The molecule has 2 N–H and O–H groups in total. The van der Waals surface area contributed by atoms with Gasteiger partial charge in [-0.3, -0.25) is 4.79 Å². The summed E-state index contributed by atoms with van der Waals surface area (Å²) in [4.78, 5) is 29.0. The number of carbonyl (C=O) groups excluding carboxylic acids is 1. The van der Waals surface area contributed by atoms with Crippen molar-refractivity contribution in [3.63, 3.8) is 0 Å². The van der Waals surface area contributed by atoms with Crippen LogP contribution in [0.3, 0.4) is 0 Å². The van der Waals surface area contributed by atoms with Crippen LogP contribution in [-0.4, -0.2) is 78.8 Å². The molecule has 1 amide bonds. The standard InChI is InChI=1S/C21H30N4O3S.C2HF3O2/c26-20(23-12-16-5-6-16)21-9-3-11-25(29(27,28)18-7-8-18)14-17(21)13-24(15-21)19-4-1-2-10-22-19;3-2(4,5)1(6)7/h1-2,4,10,16-18H,3,5-9,11-15H2,(H,23,26);(H,6,7)/t17-,21+;/m1./s1. The molecule has 0 radical (unpaired) electrons. The Morgan fingerprint density at radius 2 is 1.86 bits per heavy atom. The number of hydrogen-bond acceptors (Lipinski definition) is 6. The molecule has 3 heterocycles. The first-order valence-electron chi connectivity index (χ1n) is 12.2. The first-order chi connectivity index (χ1) is 16.9. The van der Waals surface area contributed by atoms with E-state index in [2.05, 4.69) is 15.2 Å². The molecule has 9 nitrogen and oxygen atoms in total. The maximum absolute atomic E-state index is 13.4. The van der Waals surface area contributed by atoms with Gasteiger partial charge in [-0.05, 0) is 56.6 Å². The van der Waals surface area contributed by atoms with Gasteiger partial charge in [-0.25, -0.2) is 22.5 Å². The molecule has 4 aliphatic rings. The van der Waals surface area contributed by atoms with Crippen molar-refractivity contribution in [3.05, 3.63) is 24.4 Å². The summed E-state index contributed by atoms with van der Waals surface area (Å²) in [5, 5.41) is 10.1. The van der Waals surface area contributed by atoms with Gasteiger partial charge in [0.1, 0.15) is 5.82 Å². The molecule has 200 valence electrons. The lowest BCUT2D eigenvalue weighted by molar-refractivity contribution is -0.192. The number of aliphatic carboxylic acids is 1. The summed E-state index contributed by atoms with van der Waals surface area (Å²) in [5.41, 5.74) is -0.541. The van der Waals surface area contributed by atoms with Crippen LogP contribution in [0.2, 0.25) is 0 Å². The number of nitrogens with zero attached hydrogens (tertiary/aromatic N) is 3. The van der Waals surface area contributed by atoms with E-state index in [0.717, 1.165) is 38.0 Å². The van der Waals surface area contributed by atoms with Gasteiger partial charge < -0.3 is 15.3 Å². The number of nitrogens with one attached hydrogen (secondary N) is 1. The van der Waals surface area contributed by atoms with Gasteiger partial charge in [-0.2, -0.15) is 13.2 Å². The minimum Gasteiger partial charge on any atom is -0.475 e. The van der Waals surface area contributed by atoms with E-state index < -0.39 is 27.6 Å². The van der Waals surface area contributed by atoms with Crippen LogP contribution in [0.4, 0.5) is 19.0 Å². The summed E-state index contributed by atoms with van der Waals surface area (Å²) in [6.07, 6.45) is 2.10. The molecule has 1 aromatic heterocycles. The Bertz CT molecular complexity index is 1060. The lowest BCUT2D eigenvalue weighted by Crippen LogP contribution is -2.48. The number of carboxylic acids is 1. The number of carbonyl (C=O) groups is 2. The Labute approximate surface area is 208 Å². The number of aromatic nitrogens is 1. The van der Waals surface area contributed by atoms with E-state index in [-0.39, 0.29) is 17.1 Å². The van der Waals surface area contributed by atoms with Gasteiger partial charge in [-0.1, -0.05) is 6.07 Å². The van der Waals surface area contributed by atoms with E-state index in [4.69, 9.17) is 9.90 Å². The number of alkyl halides is 3. The monoisotopic (exact) mass is 532 g/mol. The molecule has 2 aliphatic carbocycles. The number of rotatable bonds is 6. The molecule has 4 fully saturated rings. The zero-order chi connectivity index (χ0) is 26.1. The average Bonchev–Trinajstić information content (AvgIpc) is 3.74. The lowest BCUT2D eigenvalue weighted by atomic mass is 9.74. The van der Waals surface area contributed by atoms with Crippen LogP contribution in [0.5, 0.6) is 0 Å². The molecule has 0 bridgehead atoms. The van der Waals surface area contributed by atoms with Crippen molar-refractivity contribution >= 4 is 27.7 Å². The van der Waals surface area contributed by atoms with Gasteiger partial charge >= 0.3 is 12.1 Å². The minimum atomic E-state index is -5.08. The Morgan fingerprint density at radius 3 is 2.42 bits per heavy atom. The second kappa shape index (κ2) is 10.2. The zero-order valence-electron chi connectivity index (χ0n) is 19.8. The number of anilines is 1. The van der Waals surface area contributed by atoms with Crippen molar-refractivity contribution in [2.45, 2.75) is 50.0 Å². The van der Waals surface area contributed by atoms with E-state index in [1.54, 1.807) is 10.5 Å². The third kappa shape index (κ3) is 5.93. The van der Waals surface area contributed by atoms with Gasteiger partial charge in [0.25, 0.3) is 0 Å². The molecule has 2 aliphatic heterocycles. The lowest BCUT2D eigenvalue weighted by Gasteiger charge is -2.32. The number of fused-ring (bicyclic) bond motifs is 1. The predicted molar refractivity (Wildman–Crippen MR) is 125 cm³/mol. The Balaban J connectivity index is 0.000000384. The van der Waals surface area contributed by atoms with Crippen molar-refractivity contribution in [2.75, 3.05) is 37.6 Å². The fourth-order valence-corrected chi connectivity index (χ4v) is 6.95. The summed E-state index contributed by atoms with van der Waals surface area (Å²) >= 11 is 0. The summed E-state index contributed by atoms with van der Waals surface area (Å²) in [7, 11) is -3.23. The van der Waals surface area contributed by atoms with Crippen LogP contribution in [-0.2, 0) is 19.6 Å². The fourth-order valence-electron chi connectivity index (χ4n) is 5.03. The quantitative estimate of drug-likeness (QED) is 0.577. The second-order valence-corrected chi connectivity index (χ2v) is 12.3. The molecule has 2 saturated heterocycles. The molecule has 0 unspecified atom stereocenters. The van der Waals surface area contributed by atoms with Gasteiger partial charge in [0.2, 0.25) is 15.9 Å². The number of sulfonamides is 1. The predicted octanol–water partition coefficient (Wildman–Crippen LogP) is 2.25. The highest BCUT2D eigenvalue weighted by Crippen LogP contribution is 2.45. The molecule has 0 aromatic carbocycles. The third-order valence-corrected chi connectivity index (χ3v) is 9.74. The van der Waals surface area contributed by atoms with Crippen molar-refractivity contribution in [2.24, 2.45) is 17.3 Å². The van der Waals surface area contributed by atoms with Crippen LogP contribution in [0.1, 0.15) is 38.5 Å². The Morgan fingerprint density at radius 1 is 1.17 bits per heavy atom. The molecule has 5 rings (SSSR count). The van der Waals surface area contributed by atoms with Gasteiger partial charge in [0, 0.05) is 44.8 Å². The van der Waals surface area contributed by atoms with Gasteiger partial charge in [-0.15, -0.1) is 0 Å². The number of amides is 1. The van der Waals surface area contributed by atoms with E-state index in [9.17, 15) is 26.4 Å². The summed E-state index contributed by atoms with van der Waals surface area (Å²) in [6, 6.07) is 5.82. The normalized spacial score (nSPS) is 26.9. The van der Waals surface area contributed by atoms with E-state index in [1.165, 1.54) is 12.8 Å². The fraction of sp³-hybridized carbons (Fsp3) is 0.696. The topological polar surface area (TPSA) is 120 Å². The summed E-state index contributed by atoms with van der Waals surface area (Å²) in [5.74, 6) is -1.17. The Hall–Kier alpha value is -2.41. The molecule has 1 aromatic rings. The van der Waals surface area contributed by atoms with Crippen molar-refractivity contribution in [1.82, 2.24) is 14.6 Å². The molecule has 0 spiro atoms. The third-order valence-electron chi connectivity index (χ3n) is 7.37. The summed E-state index contributed by atoms with van der Waals surface area (Å²) < 4.78 is 59.3. The number of carboxylic acid groups (broad SMARTS) is 1. The molecular weight excluding hydrogens is 501 g/mol.